The zero-order chi connectivity index (χ0) is 22.9. The molecule has 170 valence electrons. The molecule has 3 aromatic rings. The van der Waals surface area contributed by atoms with E-state index in [0.29, 0.717) is 35.3 Å². The van der Waals surface area contributed by atoms with Gasteiger partial charge in [0.2, 0.25) is 0 Å². The van der Waals surface area contributed by atoms with Crippen LogP contribution in [-0.2, 0) is 4.79 Å². The molecule has 1 unspecified atom stereocenters. The van der Waals surface area contributed by atoms with Crippen molar-refractivity contribution in [2.75, 3.05) is 13.7 Å². The van der Waals surface area contributed by atoms with Crippen LogP contribution in [0.1, 0.15) is 42.4 Å². The van der Waals surface area contributed by atoms with Crippen molar-refractivity contribution < 1.29 is 28.5 Å². The third-order valence-corrected chi connectivity index (χ3v) is 6.41. The Kier molecular flexibility index (Phi) is 5.67. The van der Waals surface area contributed by atoms with Crippen molar-refractivity contribution in [3.05, 3.63) is 77.6 Å². The summed E-state index contributed by atoms with van der Waals surface area (Å²) in [5.74, 6) is 1.20. The Morgan fingerprint density at radius 1 is 1.09 bits per heavy atom. The van der Waals surface area contributed by atoms with Crippen LogP contribution >= 0.6 is 0 Å². The molecule has 1 heterocycles. The van der Waals surface area contributed by atoms with Crippen LogP contribution < -0.4 is 14.2 Å². The van der Waals surface area contributed by atoms with E-state index in [4.69, 9.17) is 14.2 Å². The smallest absolute Gasteiger partial charge is 0.303 e. The van der Waals surface area contributed by atoms with E-state index in [1.807, 2.05) is 42.5 Å². The first-order valence-corrected chi connectivity index (χ1v) is 11.1. The zero-order valence-electron chi connectivity index (χ0n) is 18.3. The summed E-state index contributed by atoms with van der Waals surface area (Å²) in [7, 11) is 1.55. The summed E-state index contributed by atoms with van der Waals surface area (Å²) in [6.07, 6.45) is 1.94. The van der Waals surface area contributed by atoms with Gasteiger partial charge in [-0.2, -0.15) is 0 Å². The number of fused-ring (bicyclic) bond motifs is 1. The normalized spacial score (nSPS) is 17.9. The van der Waals surface area contributed by atoms with Gasteiger partial charge >= 0.3 is 5.97 Å². The molecular weight excluding hydrogens is 423 g/mol. The van der Waals surface area contributed by atoms with Crippen molar-refractivity contribution >= 4 is 5.97 Å². The van der Waals surface area contributed by atoms with E-state index in [-0.39, 0.29) is 24.3 Å². The molecule has 2 atom stereocenters. The van der Waals surface area contributed by atoms with E-state index >= 15 is 0 Å². The molecule has 1 fully saturated rings. The average molecular weight is 448 g/mol. The van der Waals surface area contributed by atoms with Crippen molar-refractivity contribution in [2.24, 2.45) is 5.92 Å². The van der Waals surface area contributed by atoms with Gasteiger partial charge in [0.05, 0.1) is 13.5 Å². The Bertz CT molecular complexity index is 1170. The molecule has 33 heavy (non-hydrogen) atoms. The highest BCUT2D eigenvalue weighted by Gasteiger charge is 2.34. The maximum atomic E-state index is 14.3. The van der Waals surface area contributed by atoms with Gasteiger partial charge in [0.1, 0.15) is 18.2 Å². The van der Waals surface area contributed by atoms with Crippen molar-refractivity contribution in [1.82, 2.24) is 0 Å². The molecule has 0 saturated heterocycles. The lowest BCUT2D eigenvalue weighted by atomic mass is 9.90. The number of methoxy groups -OCH3 is 1. The average Bonchev–Trinajstić information content (AvgIpc) is 3.68. The summed E-state index contributed by atoms with van der Waals surface area (Å²) < 4.78 is 31.7. The van der Waals surface area contributed by atoms with Crippen molar-refractivity contribution in [1.29, 1.82) is 0 Å². The summed E-state index contributed by atoms with van der Waals surface area (Å²) in [5, 5.41) is 9.32. The Labute approximate surface area is 191 Å². The molecule has 1 saturated carbocycles. The number of rotatable bonds is 7. The van der Waals surface area contributed by atoms with Crippen molar-refractivity contribution in [2.45, 2.75) is 31.3 Å². The lowest BCUT2D eigenvalue weighted by Gasteiger charge is -2.28. The van der Waals surface area contributed by atoms with Gasteiger partial charge in [-0.1, -0.05) is 30.3 Å². The summed E-state index contributed by atoms with van der Waals surface area (Å²) >= 11 is 0. The number of carboxylic acid groups (broad SMARTS) is 1. The molecule has 0 aromatic heterocycles. The molecular formula is C27H25FO5. The number of aliphatic carboxylic acids is 1. The fourth-order valence-electron chi connectivity index (χ4n) is 4.46. The lowest BCUT2D eigenvalue weighted by molar-refractivity contribution is -0.137. The van der Waals surface area contributed by atoms with Crippen molar-refractivity contribution in [3.8, 4) is 28.4 Å². The second kappa shape index (κ2) is 8.77. The van der Waals surface area contributed by atoms with Gasteiger partial charge in [0, 0.05) is 5.56 Å². The summed E-state index contributed by atoms with van der Waals surface area (Å²) in [6.45, 7) is 0.362. The number of benzene rings is 3. The largest absolute Gasteiger partial charge is 0.497 e. The topological polar surface area (TPSA) is 65.0 Å². The first-order valence-electron chi connectivity index (χ1n) is 11.1. The molecule has 0 amide bonds. The maximum Gasteiger partial charge on any atom is 0.303 e. The van der Waals surface area contributed by atoms with E-state index in [9.17, 15) is 14.3 Å². The predicted octanol–water partition coefficient (Wildman–Crippen LogP) is 5.98. The van der Waals surface area contributed by atoms with Crippen LogP contribution in [0.15, 0.2) is 60.7 Å². The highest BCUT2D eigenvalue weighted by atomic mass is 19.1. The molecule has 0 radical (unpaired) electrons. The molecule has 0 spiro atoms. The third kappa shape index (κ3) is 4.51. The van der Waals surface area contributed by atoms with E-state index in [0.717, 1.165) is 29.5 Å². The Balaban J connectivity index is 1.36. The third-order valence-electron chi connectivity index (χ3n) is 6.41. The molecule has 1 aliphatic carbocycles. The maximum absolute atomic E-state index is 14.3. The number of halogens is 1. The number of ether oxygens (including phenoxy) is 3. The second-order valence-corrected chi connectivity index (χ2v) is 8.63. The molecule has 2 aliphatic rings. The van der Waals surface area contributed by atoms with E-state index in [1.54, 1.807) is 19.2 Å². The fraction of sp³-hybridized carbons (Fsp3) is 0.296. The second-order valence-electron chi connectivity index (χ2n) is 8.63. The lowest BCUT2D eigenvalue weighted by Crippen LogP contribution is -2.22. The highest BCUT2D eigenvalue weighted by Crippen LogP contribution is 2.47. The molecule has 6 heteroatoms. The summed E-state index contributed by atoms with van der Waals surface area (Å²) in [6, 6.07) is 18.0. The van der Waals surface area contributed by atoms with Crippen molar-refractivity contribution in [3.63, 3.8) is 0 Å². The van der Waals surface area contributed by atoms with Crippen LogP contribution in [0.2, 0.25) is 0 Å². The van der Waals surface area contributed by atoms with Gasteiger partial charge in [0.25, 0.3) is 0 Å². The van der Waals surface area contributed by atoms with Gasteiger partial charge < -0.3 is 19.3 Å². The van der Waals surface area contributed by atoms with Crippen LogP contribution in [0.25, 0.3) is 11.1 Å². The Morgan fingerprint density at radius 3 is 2.58 bits per heavy atom. The monoisotopic (exact) mass is 448 g/mol. The van der Waals surface area contributed by atoms with Gasteiger partial charge in [-0.25, -0.2) is 4.39 Å². The SMILES string of the molecule is COc1ccc(F)c(-c2ccc(C3COc4ccc([C@@H](CC(=O)O)C5CC5)cc4O3)cc2)c1. The number of carbonyl (C=O) groups is 1. The first-order chi connectivity index (χ1) is 16.0. The van der Waals surface area contributed by atoms with E-state index < -0.39 is 5.97 Å². The van der Waals surface area contributed by atoms with Gasteiger partial charge in [-0.3, -0.25) is 4.79 Å². The summed E-state index contributed by atoms with van der Waals surface area (Å²) in [5.41, 5.74) is 3.12. The standard InChI is InChI=1S/C27H25FO5/c1-31-20-9-10-23(28)22(13-20)17-4-6-18(7-5-17)26-15-32-24-11-8-19(12-25(24)33-26)21(14-27(29)30)16-2-3-16/h4-13,16,21,26H,2-3,14-15H2,1H3,(H,29,30)/t21-,26?/m0/s1. The Morgan fingerprint density at radius 2 is 1.88 bits per heavy atom. The number of hydrogen-bond donors (Lipinski definition) is 1. The van der Waals surface area contributed by atoms with E-state index in [2.05, 4.69) is 0 Å². The van der Waals surface area contributed by atoms with E-state index in [1.165, 1.54) is 6.07 Å². The van der Waals surface area contributed by atoms with Gasteiger partial charge in [-0.15, -0.1) is 0 Å². The van der Waals surface area contributed by atoms with Crippen LogP contribution in [0, 0.1) is 11.7 Å². The van der Waals surface area contributed by atoms with Crippen LogP contribution in [0.3, 0.4) is 0 Å². The highest BCUT2D eigenvalue weighted by molar-refractivity contribution is 5.68. The number of hydrogen-bond acceptors (Lipinski definition) is 4. The quantitative estimate of drug-likeness (QED) is 0.482. The molecule has 0 bridgehead atoms. The molecule has 1 aliphatic heterocycles. The molecule has 5 rings (SSSR count). The molecule has 1 N–H and O–H groups in total. The Hall–Kier alpha value is -3.54. The zero-order valence-corrected chi connectivity index (χ0v) is 18.3. The minimum atomic E-state index is -0.785. The first kappa shape index (κ1) is 21.3. The van der Waals surface area contributed by atoms with Gasteiger partial charge in [-0.05, 0) is 71.7 Å². The minimum absolute atomic E-state index is 0.00572. The van der Waals surface area contributed by atoms with Gasteiger partial charge in [0.15, 0.2) is 17.6 Å². The summed E-state index contributed by atoms with van der Waals surface area (Å²) in [4.78, 5) is 11.3. The predicted molar refractivity (Wildman–Crippen MR) is 121 cm³/mol. The fourth-order valence-corrected chi connectivity index (χ4v) is 4.46. The molecule has 3 aromatic carbocycles. The van der Waals surface area contributed by atoms with Crippen LogP contribution in [0.5, 0.6) is 17.2 Å². The van der Waals surface area contributed by atoms with Crippen LogP contribution in [0.4, 0.5) is 4.39 Å². The minimum Gasteiger partial charge on any atom is -0.497 e. The number of carboxylic acids is 1. The molecule has 5 nitrogen and oxygen atoms in total. The van der Waals surface area contributed by atoms with Crippen LogP contribution in [-0.4, -0.2) is 24.8 Å².